The lowest BCUT2D eigenvalue weighted by atomic mass is 10.1. The fourth-order valence-corrected chi connectivity index (χ4v) is 0.958. The molecular weight excluding hydrogens is 140 g/mol. The van der Waals surface area contributed by atoms with Gasteiger partial charge in [0.25, 0.3) is 0 Å². The third-order valence-corrected chi connectivity index (χ3v) is 1.47. The lowest BCUT2D eigenvalue weighted by molar-refractivity contribution is 0.301. The van der Waals surface area contributed by atoms with Crippen LogP contribution in [0.3, 0.4) is 0 Å². The molecule has 0 aliphatic carbocycles. The molecule has 3 nitrogen and oxygen atoms in total. The largest absolute Gasteiger partial charge is 0.393 e. The predicted octanol–water partition coefficient (Wildman–Crippen LogP) is 0.121. The van der Waals surface area contributed by atoms with E-state index in [9.17, 15) is 0 Å². The Hall–Kier alpha value is -0.960. The van der Waals surface area contributed by atoms with Gasteiger partial charge in [0, 0.05) is 12.2 Å². The molecule has 1 rings (SSSR count). The predicted molar refractivity (Wildman–Crippen MR) is 44.4 cm³/mol. The zero-order valence-electron chi connectivity index (χ0n) is 6.59. The summed E-state index contributed by atoms with van der Waals surface area (Å²) in [5, 5.41) is 15.0. The Kier molecular flexibility index (Phi) is 2.98. The Morgan fingerprint density at radius 1 is 1.64 bits per heavy atom. The molecule has 1 heterocycles. The fourth-order valence-electron chi connectivity index (χ4n) is 0.958. The van der Waals surface area contributed by atoms with Crippen LogP contribution in [-0.2, 0) is 0 Å². The van der Waals surface area contributed by atoms with Crippen molar-refractivity contribution in [1.82, 2.24) is 10.6 Å². The van der Waals surface area contributed by atoms with Crippen molar-refractivity contribution >= 4 is 0 Å². The van der Waals surface area contributed by atoms with Crippen LogP contribution in [-0.4, -0.2) is 18.3 Å². The van der Waals surface area contributed by atoms with E-state index in [4.69, 9.17) is 5.11 Å². The fraction of sp³-hybridized carbons (Fsp3) is 0.375. The van der Waals surface area contributed by atoms with Crippen molar-refractivity contribution in [3.63, 3.8) is 0 Å². The van der Waals surface area contributed by atoms with Gasteiger partial charge in [0.05, 0.1) is 6.61 Å². The van der Waals surface area contributed by atoms with Crippen molar-refractivity contribution < 1.29 is 5.11 Å². The number of allylic oxidation sites excluding steroid dienone is 2. The molecule has 0 bridgehead atoms. The topological polar surface area (TPSA) is 44.3 Å². The summed E-state index contributed by atoms with van der Waals surface area (Å²) < 4.78 is 0. The van der Waals surface area contributed by atoms with Crippen LogP contribution in [0.25, 0.3) is 0 Å². The highest BCUT2D eigenvalue weighted by molar-refractivity contribution is 5.30. The smallest absolute Gasteiger partial charge is 0.131 e. The molecule has 0 fully saturated rings. The first kappa shape index (κ1) is 8.14. The molecule has 0 saturated heterocycles. The maximum Gasteiger partial charge on any atom is 0.131 e. The number of aliphatic hydroxyl groups excluding tert-OH is 1. The zero-order chi connectivity index (χ0) is 8.10. The van der Waals surface area contributed by atoms with Crippen LogP contribution in [0.1, 0.15) is 6.92 Å². The van der Waals surface area contributed by atoms with Gasteiger partial charge in [0.1, 0.15) is 6.04 Å². The van der Waals surface area contributed by atoms with Crippen molar-refractivity contribution in [2.24, 2.45) is 0 Å². The van der Waals surface area contributed by atoms with Crippen molar-refractivity contribution in [3.05, 3.63) is 30.1 Å². The minimum Gasteiger partial charge on any atom is -0.393 e. The van der Waals surface area contributed by atoms with Gasteiger partial charge in [-0.1, -0.05) is 0 Å². The standard InChI is InChI=1S/C8H13N2O/c1-2-9-7-4-3-5-10-8(7)6-11/h3-5,9-11H,2,6H2,1H3. The maximum absolute atomic E-state index is 8.87. The number of hydrogen-bond acceptors (Lipinski definition) is 3. The van der Waals surface area contributed by atoms with Gasteiger partial charge in [-0.3, -0.25) is 0 Å². The van der Waals surface area contributed by atoms with Crippen molar-refractivity contribution in [2.75, 3.05) is 13.2 Å². The minimum absolute atomic E-state index is 0.0448. The molecule has 0 atom stereocenters. The van der Waals surface area contributed by atoms with Crippen molar-refractivity contribution in [1.29, 1.82) is 0 Å². The van der Waals surface area contributed by atoms with Crippen LogP contribution in [0.4, 0.5) is 0 Å². The van der Waals surface area contributed by atoms with E-state index in [0.717, 1.165) is 18.3 Å². The summed E-state index contributed by atoms with van der Waals surface area (Å²) in [6.07, 6.45) is 5.63. The van der Waals surface area contributed by atoms with Crippen LogP contribution >= 0.6 is 0 Å². The first-order chi connectivity index (χ1) is 5.38. The molecule has 61 valence electrons. The quantitative estimate of drug-likeness (QED) is 0.539. The zero-order valence-corrected chi connectivity index (χ0v) is 6.59. The van der Waals surface area contributed by atoms with E-state index in [2.05, 4.69) is 10.6 Å². The van der Waals surface area contributed by atoms with Gasteiger partial charge in [-0.2, -0.15) is 0 Å². The second-order valence-corrected chi connectivity index (χ2v) is 2.25. The summed E-state index contributed by atoms with van der Waals surface area (Å²) >= 11 is 0. The molecule has 11 heavy (non-hydrogen) atoms. The summed E-state index contributed by atoms with van der Waals surface area (Å²) in [6.45, 7) is 2.93. The lowest BCUT2D eigenvalue weighted by Crippen LogP contribution is -2.30. The first-order valence-electron chi connectivity index (χ1n) is 3.72. The minimum atomic E-state index is 0.0448. The summed E-state index contributed by atoms with van der Waals surface area (Å²) in [5.74, 6) is 0. The van der Waals surface area contributed by atoms with Crippen molar-refractivity contribution in [2.45, 2.75) is 6.92 Å². The highest BCUT2D eigenvalue weighted by Gasteiger charge is 2.12. The van der Waals surface area contributed by atoms with E-state index >= 15 is 0 Å². The van der Waals surface area contributed by atoms with E-state index < -0.39 is 0 Å². The Morgan fingerprint density at radius 2 is 2.45 bits per heavy atom. The van der Waals surface area contributed by atoms with Gasteiger partial charge in [-0.15, -0.1) is 0 Å². The highest BCUT2D eigenvalue weighted by Crippen LogP contribution is 2.09. The average Bonchev–Trinajstić information content (AvgIpc) is 2.06. The Morgan fingerprint density at radius 3 is 3.09 bits per heavy atom. The molecule has 0 saturated carbocycles. The number of likely N-dealkylation sites (N-methyl/N-ethyl adjacent to an activating group) is 1. The molecule has 3 heteroatoms. The summed E-state index contributed by atoms with van der Waals surface area (Å²) in [7, 11) is 0. The Balaban J connectivity index is 2.55. The van der Waals surface area contributed by atoms with Gasteiger partial charge in [0.2, 0.25) is 0 Å². The molecule has 0 amide bonds. The van der Waals surface area contributed by atoms with Gasteiger partial charge in [0.15, 0.2) is 0 Å². The maximum atomic E-state index is 8.87. The van der Waals surface area contributed by atoms with E-state index in [1.54, 1.807) is 6.20 Å². The third kappa shape index (κ3) is 1.98. The van der Waals surface area contributed by atoms with Gasteiger partial charge in [-0.25, -0.2) is 0 Å². The van der Waals surface area contributed by atoms with Crippen LogP contribution < -0.4 is 10.6 Å². The van der Waals surface area contributed by atoms with Gasteiger partial charge < -0.3 is 15.7 Å². The molecule has 1 aliphatic rings. The van der Waals surface area contributed by atoms with E-state index in [-0.39, 0.29) is 6.61 Å². The number of aliphatic hydroxyl groups is 1. The lowest BCUT2D eigenvalue weighted by Gasteiger charge is -2.20. The Bertz CT molecular complexity index is 175. The van der Waals surface area contributed by atoms with E-state index in [1.165, 1.54) is 0 Å². The molecule has 0 aromatic rings. The van der Waals surface area contributed by atoms with Crippen LogP contribution in [0.15, 0.2) is 24.0 Å². The second-order valence-electron chi connectivity index (χ2n) is 2.25. The third-order valence-electron chi connectivity index (χ3n) is 1.47. The number of rotatable bonds is 3. The SMILES string of the molecule is CCNC1=CC=CN[C]1CO. The molecular formula is C8H13N2O. The number of nitrogens with one attached hydrogen (secondary N) is 2. The normalized spacial score (nSPS) is 17.5. The van der Waals surface area contributed by atoms with Crippen LogP contribution in [0.5, 0.6) is 0 Å². The highest BCUT2D eigenvalue weighted by atomic mass is 16.3. The van der Waals surface area contributed by atoms with E-state index in [1.807, 2.05) is 19.1 Å². The first-order valence-corrected chi connectivity index (χ1v) is 3.72. The van der Waals surface area contributed by atoms with Gasteiger partial charge in [-0.05, 0) is 25.3 Å². The monoisotopic (exact) mass is 153 g/mol. The molecule has 0 spiro atoms. The molecule has 1 radical (unpaired) electrons. The van der Waals surface area contributed by atoms with E-state index in [0.29, 0.717) is 0 Å². The summed E-state index contributed by atoms with van der Waals surface area (Å²) in [6, 6.07) is 0.828. The van der Waals surface area contributed by atoms with Crippen LogP contribution in [0, 0.1) is 6.04 Å². The molecule has 0 unspecified atom stereocenters. The molecule has 0 aromatic carbocycles. The number of hydrogen-bond donors (Lipinski definition) is 3. The average molecular weight is 153 g/mol. The molecule has 1 aliphatic heterocycles. The number of dihydropyridines is 1. The van der Waals surface area contributed by atoms with Crippen LogP contribution in [0.2, 0.25) is 0 Å². The van der Waals surface area contributed by atoms with Crippen molar-refractivity contribution in [3.8, 4) is 0 Å². The Labute approximate surface area is 66.8 Å². The van der Waals surface area contributed by atoms with Gasteiger partial charge >= 0.3 is 0 Å². The second kappa shape index (κ2) is 4.03. The summed E-state index contributed by atoms with van der Waals surface area (Å²) in [5.41, 5.74) is 0.970. The molecule has 3 N–H and O–H groups in total. The summed E-state index contributed by atoms with van der Waals surface area (Å²) in [4.78, 5) is 0. The molecule has 0 aromatic heterocycles.